The molecule has 0 bridgehead atoms. The Morgan fingerprint density at radius 2 is 1.51 bits per heavy atom. The van der Waals surface area contributed by atoms with Crippen molar-refractivity contribution in [3.05, 3.63) is 41.5 Å². The smallest absolute Gasteiger partial charge is 0.320 e. The maximum absolute atomic E-state index is 11.9. The van der Waals surface area contributed by atoms with Gasteiger partial charge in [-0.15, -0.1) is 0 Å². The molecule has 7 nitrogen and oxygen atoms in total. The first-order valence-corrected chi connectivity index (χ1v) is 13.5. The second-order valence-corrected chi connectivity index (χ2v) is 10.00. The summed E-state index contributed by atoms with van der Waals surface area (Å²) in [5.74, 6) is -0.665. The molecular formula is C28H43N3O4. The van der Waals surface area contributed by atoms with E-state index < -0.39 is 5.91 Å². The summed E-state index contributed by atoms with van der Waals surface area (Å²) in [7, 11) is 0. The number of rotatable bonds is 8. The third-order valence-electron chi connectivity index (χ3n) is 7.15. The third-order valence-corrected chi connectivity index (χ3v) is 7.15. The van der Waals surface area contributed by atoms with Crippen LogP contribution >= 0.6 is 0 Å². The maximum atomic E-state index is 11.9. The molecule has 7 heteroatoms. The summed E-state index contributed by atoms with van der Waals surface area (Å²) in [4.78, 5) is 25.4. The molecule has 1 aromatic carbocycles. The second kappa shape index (κ2) is 15.7. The molecule has 35 heavy (non-hydrogen) atoms. The molecule has 1 heterocycles. The maximum Gasteiger partial charge on any atom is 0.320 e. The highest BCUT2D eigenvalue weighted by Crippen LogP contribution is 2.21. The van der Waals surface area contributed by atoms with Crippen molar-refractivity contribution in [3.63, 3.8) is 0 Å². The van der Waals surface area contributed by atoms with Crippen LogP contribution in [0.25, 0.3) is 6.08 Å². The van der Waals surface area contributed by atoms with Crippen molar-refractivity contribution >= 4 is 18.0 Å². The van der Waals surface area contributed by atoms with E-state index in [0.29, 0.717) is 12.6 Å². The van der Waals surface area contributed by atoms with Crippen LogP contribution in [0.2, 0.25) is 0 Å². The molecule has 0 aromatic heterocycles. The minimum absolute atomic E-state index is 0.120. The molecule has 2 aliphatic carbocycles. The van der Waals surface area contributed by atoms with Crippen molar-refractivity contribution in [1.29, 1.82) is 0 Å². The predicted octanol–water partition coefficient (Wildman–Crippen LogP) is 4.59. The minimum atomic E-state index is -0.544. The highest BCUT2D eigenvalue weighted by molar-refractivity contribution is 5.90. The van der Waals surface area contributed by atoms with Gasteiger partial charge in [0.05, 0.1) is 6.54 Å². The number of likely N-dealkylation sites (tertiary alicyclic amines) is 1. The van der Waals surface area contributed by atoms with Crippen molar-refractivity contribution in [2.24, 2.45) is 0 Å². The Morgan fingerprint density at radius 1 is 0.914 bits per heavy atom. The summed E-state index contributed by atoms with van der Waals surface area (Å²) in [6.45, 7) is 3.18. The lowest BCUT2D eigenvalue weighted by Gasteiger charge is -2.32. The van der Waals surface area contributed by atoms with Crippen LogP contribution in [0.15, 0.2) is 30.3 Å². The van der Waals surface area contributed by atoms with Crippen molar-refractivity contribution < 1.29 is 19.5 Å². The third kappa shape index (κ3) is 10.9. The Labute approximate surface area is 210 Å². The fourth-order valence-corrected chi connectivity index (χ4v) is 5.02. The molecule has 194 valence electrons. The number of piperidine rings is 1. The first-order valence-electron chi connectivity index (χ1n) is 13.5. The molecule has 2 saturated carbocycles. The van der Waals surface area contributed by atoms with Crippen molar-refractivity contribution in [2.45, 2.75) is 95.7 Å². The van der Waals surface area contributed by atoms with E-state index in [9.17, 15) is 9.59 Å². The molecule has 1 amide bonds. The number of carbonyl (C=O) groups is 2. The molecule has 3 aliphatic rings. The molecule has 1 aliphatic heterocycles. The van der Waals surface area contributed by atoms with Crippen LogP contribution in [-0.2, 0) is 20.9 Å². The number of ether oxygens (including phenoxy) is 1. The molecule has 0 atom stereocenters. The van der Waals surface area contributed by atoms with Gasteiger partial charge >= 0.3 is 5.97 Å². The summed E-state index contributed by atoms with van der Waals surface area (Å²) >= 11 is 0. The molecule has 4 rings (SSSR count). The number of benzene rings is 1. The number of carbonyl (C=O) groups excluding carboxylic acids is 2. The van der Waals surface area contributed by atoms with E-state index >= 15 is 0 Å². The average molecular weight is 486 g/mol. The number of hydroxylamine groups is 1. The standard InChI is InChI=1S/C22H31N3O4.C6H12/c26-21(24-28)10-9-17-5-7-18(8-6-17)16-25-13-11-19(12-14-25)23-15-22(27)29-20-3-1-2-4-20;1-2-4-6-5-3-1/h5-10,19-20,23,28H,1-4,11-16H2,(H,24,26);1-6H2/b10-9+;. The van der Waals surface area contributed by atoms with Crippen LogP contribution < -0.4 is 10.8 Å². The molecule has 0 radical (unpaired) electrons. The van der Waals surface area contributed by atoms with Gasteiger partial charge < -0.3 is 10.1 Å². The number of esters is 1. The van der Waals surface area contributed by atoms with Crippen molar-refractivity contribution in [2.75, 3.05) is 19.6 Å². The van der Waals surface area contributed by atoms with Gasteiger partial charge in [-0.2, -0.15) is 0 Å². The molecular weight excluding hydrogens is 442 g/mol. The van der Waals surface area contributed by atoms with Gasteiger partial charge in [-0.1, -0.05) is 62.8 Å². The van der Waals surface area contributed by atoms with Crippen LogP contribution in [0.5, 0.6) is 0 Å². The number of hydrogen-bond donors (Lipinski definition) is 3. The number of amides is 1. The van der Waals surface area contributed by atoms with Crippen LogP contribution in [0.3, 0.4) is 0 Å². The van der Waals surface area contributed by atoms with E-state index in [1.165, 1.54) is 63.0 Å². The lowest BCUT2D eigenvalue weighted by molar-refractivity contribution is -0.147. The SMILES string of the molecule is C1CCCCC1.O=C(/C=C/c1ccc(CN2CCC(NCC(=O)OC3CCCC3)CC2)cc1)NO. The predicted molar refractivity (Wildman–Crippen MR) is 138 cm³/mol. The van der Waals surface area contributed by atoms with E-state index in [-0.39, 0.29) is 12.1 Å². The number of nitrogens with zero attached hydrogens (tertiary/aromatic N) is 1. The Hall–Kier alpha value is -2.22. The normalized spacial score (nSPS) is 19.8. The van der Waals surface area contributed by atoms with Gasteiger partial charge in [0.25, 0.3) is 5.91 Å². The summed E-state index contributed by atoms with van der Waals surface area (Å²) in [5, 5.41) is 11.8. The Balaban J connectivity index is 0.000000497. The van der Waals surface area contributed by atoms with Gasteiger partial charge in [-0.25, -0.2) is 5.48 Å². The first-order chi connectivity index (χ1) is 17.1. The highest BCUT2D eigenvalue weighted by Gasteiger charge is 2.22. The van der Waals surface area contributed by atoms with Crippen molar-refractivity contribution in [1.82, 2.24) is 15.7 Å². The van der Waals surface area contributed by atoms with Crippen molar-refractivity contribution in [3.8, 4) is 0 Å². The second-order valence-electron chi connectivity index (χ2n) is 10.00. The van der Waals surface area contributed by atoms with Crippen LogP contribution in [-0.4, -0.2) is 53.8 Å². The average Bonchev–Trinajstić information content (AvgIpc) is 3.42. The zero-order chi connectivity index (χ0) is 24.7. The highest BCUT2D eigenvalue weighted by atomic mass is 16.5. The molecule has 0 spiro atoms. The van der Waals surface area contributed by atoms with Gasteiger partial charge in [0.1, 0.15) is 6.10 Å². The van der Waals surface area contributed by atoms with Gasteiger partial charge in [0, 0.05) is 18.7 Å². The largest absolute Gasteiger partial charge is 0.461 e. The van der Waals surface area contributed by atoms with Crippen LogP contribution in [0.1, 0.15) is 88.2 Å². The van der Waals surface area contributed by atoms with Crippen LogP contribution in [0, 0.1) is 0 Å². The summed E-state index contributed by atoms with van der Waals surface area (Å²) in [5.41, 5.74) is 3.70. The zero-order valence-corrected chi connectivity index (χ0v) is 21.1. The number of nitrogens with one attached hydrogen (secondary N) is 2. The van der Waals surface area contributed by atoms with E-state index in [0.717, 1.165) is 50.9 Å². The fraction of sp³-hybridized carbons (Fsp3) is 0.643. The van der Waals surface area contributed by atoms with Gasteiger partial charge in [-0.05, 0) is 68.8 Å². The first kappa shape index (κ1) is 27.4. The van der Waals surface area contributed by atoms with E-state index in [2.05, 4.69) is 22.3 Å². The molecule has 3 N–H and O–H groups in total. The minimum Gasteiger partial charge on any atom is -0.461 e. The molecule has 3 fully saturated rings. The molecule has 1 aromatic rings. The Kier molecular flexibility index (Phi) is 12.3. The molecule has 0 unspecified atom stereocenters. The summed E-state index contributed by atoms with van der Waals surface area (Å²) < 4.78 is 5.50. The van der Waals surface area contributed by atoms with E-state index in [4.69, 9.17) is 9.94 Å². The van der Waals surface area contributed by atoms with Gasteiger partial charge in [-0.3, -0.25) is 19.7 Å². The Morgan fingerprint density at radius 3 is 2.09 bits per heavy atom. The zero-order valence-electron chi connectivity index (χ0n) is 21.1. The summed E-state index contributed by atoms with van der Waals surface area (Å²) in [6.07, 6.45) is 18.5. The molecule has 1 saturated heterocycles. The fourth-order valence-electron chi connectivity index (χ4n) is 5.02. The van der Waals surface area contributed by atoms with Gasteiger partial charge in [0.2, 0.25) is 0 Å². The van der Waals surface area contributed by atoms with E-state index in [1.54, 1.807) is 11.6 Å². The van der Waals surface area contributed by atoms with Crippen LogP contribution in [0.4, 0.5) is 0 Å². The summed E-state index contributed by atoms with van der Waals surface area (Å²) in [6, 6.07) is 8.40. The quantitative estimate of drug-likeness (QED) is 0.216. The van der Waals surface area contributed by atoms with E-state index in [1.807, 2.05) is 12.1 Å². The van der Waals surface area contributed by atoms with Gasteiger partial charge in [0.15, 0.2) is 0 Å². The topological polar surface area (TPSA) is 90.9 Å². The lowest BCUT2D eigenvalue weighted by atomic mass is 10.0. The lowest BCUT2D eigenvalue weighted by Crippen LogP contribution is -2.44. The Bertz CT molecular complexity index is 766. The monoisotopic (exact) mass is 485 g/mol. The number of hydrogen-bond acceptors (Lipinski definition) is 6.